The maximum atomic E-state index is 5.41. The normalized spacial score (nSPS) is 19.9. The third kappa shape index (κ3) is 3.21. The number of benzene rings is 1. The standard InChI is InChI=1S/C13H18BrNO2/c1-15(11-5-6-17-9-11)8-10-7-12(16-2)3-4-13(10)14/h3-4,7,11H,5-6,8-9H2,1-2H3. The van der Waals surface area contributed by atoms with Crippen LogP contribution in [0, 0.1) is 0 Å². The van der Waals surface area contributed by atoms with Crippen LogP contribution in [0.2, 0.25) is 0 Å². The molecule has 0 aliphatic carbocycles. The fourth-order valence-electron chi connectivity index (χ4n) is 2.07. The van der Waals surface area contributed by atoms with Crippen molar-refractivity contribution in [2.75, 3.05) is 27.4 Å². The summed E-state index contributed by atoms with van der Waals surface area (Å²) in [5.74, 6) is 0.902. The second kappa shape index (κ2) is 5.85. The summed E-state index contributed by atoms with van der Waals surface area (Å²) >= 11 is 3.58. The molecule has 1 fully saturated rings. The Bertz CT molecular complexity index is 378. The van der Waals surface area contributed by atoms with Crippen molar-refractivity contribution in [2.24, 2.45) is 0 Å². The molecule has 4 heteroatoms. The summed E-state index contributed by atoms with van der Waals surface area (Å²) in [7, 11) is 3.84. The van der Waals surface area contributed by atoms with Crippen LogP contribution in [0.1, 0.15) is 12.0 Å². The van der Waals surface area contributed by atoms with Crippen LogP contribution in [0.4, 0.5) is 0 Å². The van der Waals surface area contributed by atoms with Gasteiger partial charge in [0.2, 0.25) is 0 Å². The summed E-state index contributed by atoms with van der Waals surface area (Å²) in [6, 6.07) is 6.61. The largest absolute Gasteiger partial charge is 0.497 e. The highest BCUT2D eigenvalue weighted by atomic mass is 79.9. The first kappa shape index (κ1) is 12.9. The van der Waals surface area contributed by atoms with Gasteiger partial charge in [0.25, 0.3) is 0 Å². The second-order valence-electron chi connectivity index (χ2n) is 4.39. The maximum Gasteiger partial charge on any atom is 0.119 e. The van der Waals surface area contributed by atoms with Gasteiger partial charge in [-0.25, -0.2) is 0 Å². The fourth-order valence-corrected chi connectivity index (χ4v) is 2.44. The number of ether oxygens (including phenoxy) is 2. The smallest absolute Gasteiger partial charge is 0.119 e. The van der Waals surface area contributed by atoms with Crippen LogP contribution in [0.25, 0.3) is 0 Å². The number of halogens is 1. The molecule has 1 atom stereocenters. The average molecular weight is 300 g/mol. The Balaban J connectivity index is 2.06. The summed E-state index contributed by atoms with van der Waals surface area (Å²) in [6.45, 7) is 2.64. The lowest BCUT2D eigenvalue weighted by Gasteiger charge is -2.23. The quantitative estimate of drug-likeness (QED) is 0.853. The van der Waals surface area contributed by atoms with E-state index in [9.17, 15) is 0 Å². The van der Waals surface area contributed by atoms with Gasteiger partial charge in [0.05, 0.1) is 13.7 Å². The summed E-state index contributed by atoms with van der Waals surface area (Å²) < 4.78 is 11.8. The number of nitrogens with zero attached hydrogens (tertiary/aromatic N) is 1. The monoisotopic (exact) mass is 299 g/mol. The van der Waals surface area contributed by atoms with Crippen LogP contribution < -0.4 is 4.74 Å². The van der Waals surface area contributed by atoms with Crippen molar-refractivity contribution in [1.29, 1.82) is 0 Å². The number of methoxy groups -OCH3 is 1. The van der Waals surface area contributed by atoms with Gasteiger partial charge in [-0.05, 0) is 37.2 Å². The maximum absolute atomic E-state index is 5.41. The van der Waals surface area contributed by atoms with Crippen molar-refractivity contribution in [3.8, 4) is 5.75 Å². The number of hydrogen-bond donors (Lipinski definition) is 0. The van der Waals surface area contributed by atoms with Crippen LogP contribution in [-0.2, 0) is 11.3 Å². The van der Waals surface area contributed by atoms with Crippen molar-refractivity contribution in [2.45, 2.75) is 19.0 Å². The molecule has 1 heterocycles. The summed E-state index contributed by atoms with van der Waals surface area (Å²) in [6.07, 6.45) is 1.12. The number of hydrogen-bond acceptors (Lipinski definition) is 3. The van der Waals surface area contributed by atoms with Gasteiger partial charge in [0.1, 0.15) is 5.75 Å². The van der Waals surface area contributed by atoms with E-state index < -0.39 is 0 Å². The van der Waals surface area contributed by atoms with Crippen molar-refractivity contribution in [3.05, 3.63) is 28.2 Å². The van der Waals surface area contributed by atoms with Crippen LogP contribution in [0.3, 0.4) is 0 Å². The van der Waals surface area contributed by atoms with Gasteiger partial charge in [-0.3, -0.25) is 4.90 Å². The van der Waals surface area contributed by atoms with Gasteiger partial charge in [0.15, 0.2) is 0 Å². The van der Waals surface area contributed by atoms with E-state index in [1.807, 2.05) is 12.1 Å². The molecule has 0 radical (unpaired) electrons. The number of rotatable bonds is 4. The molecule has 0 aromatic heterocycles. The molecule has 0 N–H and O–H groups in total. The SMILES string of the molecule is COc1ccc(Br)c(CN(C)C2CCOC2)c1. The van der Waals surface area contributed by atoms with Crippen LogP contribution in [0.15, 0.2) is 22.7 Å². The summed E-state index contributed by atoms with van der Waals surface area (Å²) in [5, 5.41) is 0. The lowest BCUT2D eigenvalue weighted by atomic mass is 10.1. The van der Waals surface area contributed by atoms with Gasteiger partial charge in [-0.1, -0.05) is 15.9 Å². The highest BCUT2D eigenvalue weighted by molar-refractivity contribution is 9.10. The molecule has 0 amide bonds. The first-order chi connectivity index (χ1) is 8.20. The highest BCUT2D eigenvalue weighted by Crippen LogP contribution is 2.24. The summed E-state index contributed by atoms with van der Waals surface area (Å²) in [4.78, 5) is 2.34. The molecule has 17 heavy (non-hydrogen) atoms. The fraction of sp³-hybridized carbons (Fsp3) is 0.538. The highest BCUT2D eigenvalue weighted by Gasteiger charge is 2.20. The van der Waals surface area contributed by atoms with Gasteiger partial charge in [0, 0.05) is 23.7 Å². The Hall–Kier alpha value is -0.580. The van der Waals surface area contributed by atoms with Gasteiger partial charge in [-0.15, -0.1) is 0 Å². The molecule has 0 saturated carbocycles. The van der Waals surface area contributed by atoms with Crippen LogP contribution >= 0.6 is 15.9 Å². The molecule has 1 unspecified atom stereocenters. The molecular weight excluding hydrogens is 282 g/mol. The van der Waals surface area contributed by atoms with E-state index in [0.717, 1.165) is 36.4 Å². The zero-order valence-corrected chi connectivity index (χ0v) is 11.9. The third-order valence-corrected chi connectivity index (χ3v) is 3.98. The molecule has 0 bridgehead atoms. The molecule has 0 spiro atoms. The molecule has 1 aliphatic rings. The average Bonchev–Trinajstić information content (AvgIpc) is 2.85. The molecular formula is C13H18BrNO2. The Morgan fingerprint density at radius 3 is 3.00 bits per heavy atom. The minimum Gasteiger partial charge on any atom is -0.497 e. The van der Waals surface area contributed by atoms with E-state index in [-0.39, 0.29) is 0 Å². The van der Waals surface area contributed by atoms with Crippen molar-refractivity contribution in [1.82, 2.24) is 4.90 Å². The minimum atomic E-state index is 0.535. The Kier molecular flexibility index (Phi) is 4.42. The van der Waals surface area contributed by atoms with E-state index in [1.165, 1.54) is 5.56 Å². The first-order valence-electron chi connectivity index (χ1n) is 5.81. The minimum absolute atomic E-state index is 0.535. The van der Waals surface area contributed by atoms with Crippen molar-refractivity contribution >= 4 is 15.9 Å². The molecule has 1 aromatic carbocycles. The molecule has 3 nitrogen and oxygen atoms in total. The molecule has 1 saturated heterocycles. The summed E-state index contributed by atoms with van der Waals surface area (Å²) in [5.41, 5.74) is 1.25. The molecule has 1 aliphatic heterocycles. The van der Waals surface area contributed by atoms with Crippen molar-refractivity contribution in [3.63, 3.8) is 0 Å². The predicted octanol–water partition coefficient (Wildman–Crippen LogP) is 2.68. The topological polar surface area (TPSA) is 21.7 Å². The number of likely N-dealkylation sites (N-methyl/N-ethyl adjacent to an activating group) is 1. The van der Waals surface area contributed by atoms with Crippen LogP contribution in [0.5, 0.6) is 5.75 Å². The van der Waals surface area contributed by atoms with Gasteiger partial charge in [-0.2, -0.15) is 0 Å². The van der Waals surface area contributed by atoms with Gasteiger partial charge < -0.3 is 9.47 Å². The van der Waals surface area contributed by atoms with E-state index in [4.69, 9.17) is 9.47 Å². The van der Waals surface area contributed by atoms with E-state index in [0.29, 0.717) is 6.04 Å². The molecule has 2 rings (SSSR count). The second-order valence-corrected chi connectivity index (χ2v) is 5.24. The van der Waals surface area contributed by atoms with E-state index in [2.05, 4.69) is 33.9 Å². The lowest BCUT2D eigenvalue weighted by Crippen LogP contribution is -2.31. The molecule has 94 valence electrons. The zero-order chi connectivity index (χ0) is 12.3. The lowest BCUT2D eigenvalue weighted by molar-refractivity contribution is 0.156. The Labute approximate surface area is 111 Å². The molecule has 1 aromatic rings. The predicted molar refractivity (Wildman–Crippen MR) is 71.4 cm³/mol. The van der Waals surface area contributed by atoms with E-state index in [1.54, 1.807) is 7.11 Å². The Morgan fingerprint density at radius 2 is 2.35 bits per heavy atom. The van der Waals surface area contributed by atoms with Crippen LogP contribution in [-0.4, -0.2) is 38.3 Å². The third-order valence-electron chi connectivity index (χ3n) is 3.20. The first-order valence-corrected chi connectivity index (χ1v) is 6.60. The van der Waals surface area contributed by atoms with E-state index >= 15 is 0 Å². The zero-order valence-electron chi connectivity index (χ0n) is 10.3. The Morgan fingerprint density at radius 1 is 1.53 bits per heavy atom. The van der Waals surface area contributed by atoms with Gasteiger partial charge >= 0.3 is 0 Å². The van der Waals surface area contributed by atoms with Crippen molar-refractivity contribution < 1.29 is 9.47 Å².